The first-order chi connectivity index (χ1) is 9.24. The van der Waals surface area contributed by atoms with E-state index >= 15 is 0 Å². The molecule has 0 radical (unpaired) electrons. The van der Waals surface area contributed by atoms with Gasteiger partial charge in [-0.3, -0.25) is 4.90 Å². The number of rotatable bonds is 4. The third-order valence-electron chi connectivity index (χ3n) is 4.20. The predicted octanol–water partition coefficient (Wildman–Crippen LogP) is 2.70. The van der Waals surface area contributed by atoms with Crippen LogP contribution in [-0.4, -0.2) is 36.2 Å². The lowest BCUT2D eigenvalue weighted by Crippen LogP contribution is -2.45. The highest BCUT2D eigenvalue weighted by Crippen LogP contribution is 2.40. The fourth-order valence-corrected chi connectivity index (χ4v) is 2.89. The summed E-state index contributed by atoms with van der Waals surface area (Å²) in [6.45, 7) is 4.03. The zero-order valence-electron chi connectivity index (χ0n) is 11.5. The van der Waals surface area contributed by atoms with Gasteiger partial charge in [-0.1, -0.05) is 18.9 Å². The maximum absolute atomic E-state index is 13.6. The average molecular weight is 301 g/mol. The van der Waals surface area contributed by atoms with Crippen LogP contribution in [-0.2, 0) is 0 Å². The van der Waals surface area contributed by atoms with E-state index in [1.165, 1.54) is 25.0 Å². The summed E-state index contributed by atoms with van der Waals surface area (Å²) in [5, 5.41) is 12.7. The lowest BCUT2D eigenvalue weighted by atomic mass is 9.98. The number of phenolic OH excluding ortho intramolecular Hbond substituents is 1. The number of benzene rings is 1. The molecular formula is C15H22ClFN2O. The summed E-state index contributed by atoms with van der Waals surface area (Å²) in [6, 6.07) is 5.15. The Kier molecular flexibility index (Phi) is 5.24. The van der Waals surface area contributed by atoms with E-state index in [1.54, 1.807) is 0 Å². The van der Waals surface area contributed by atoms with Gasteiger partial charge < -0.3 is 10.4 Å². The number of halogens is 2. The van der Waals surface area contributed by atoms with Gasteiger partial charge in [-0.15, -0.1) is 12.4 Å². The quantitative estimate of drug-likeness (QED) is 0.897. The van der Waals surface area contributed by atoms with E-state index in [0.29, 0.717) is 6.04 Å². The molecule has 1 saturated carbocycles. The monoisotopic (exact) mass is 300 g/mol. The molecule has 3 rings (SSSR count). The van der Waals surface area contributed by atoms with E-state index in [9.17, 15) is 9.50 Å². The zero-order chi connectivity index (χ0) is 13.2. The first kappa shape index (κ1) is 15.5. The van der Waals surface area contributed by atoms with Crippen LogP contribution in [0.25, 0.3) is 0 Å². The van der Waals surface area contributed by atoms with E-state index in [2.05, 4.69) is 10.2 Å². The molecular weight excluding hydrogens is 279 g/mol. The zero-order valence-corrected chi connectivity index (χ0v) is 12.3. The van der Waals surface area contributed by atoms with Crippen LogP contribution < -0.4 is 5.32 Å². The standard InChI is InChI=1S/C15H21FN2O.ClH/c16-13-10-12(3-4-15(13)19)14(9-11-1-2-11)18-7-5-17-6-8-18;/h3-4,10-11,14,17,19H,1-2,5-9H2;1H/t14-;/m1./s1. The Morgan fingerprint density at radius 3 is 2.60 bits per heavy atom. The molecule has 20 heavy (non-hydrogen) atoms. The summed E-state index contributed by atoms with van der Waals surface area (Å²) in [4.78, 5) is 2.45. The molecule has 1 aromatic rings. The average Bonchev–Trinajstić information content (AvgIpc) is 3.24. The SMILES string of the molecule is Cl.Oc1ccc([C@@H](CC2CC2)N2CCNCC2)cc1F. The molecule has 1 atom stereocenters. The van der Waals surface area contributed by atoms with Crippen molar-refractivity contribution < 1.29 is 9.50 Å². The van der Waals surface area contributed by atoms with Crippen molar-refractivity contribution in [2.24, 2.45) is 5.92 Å². The van der Waals surface area contributed by atoms with Crippen molar-refractivity contribution in [2.75, 3.05) is 26.2 Å². The van der Waals surface area contributed by atoms with E-state index in [1.807, 2.05) is 6.07 Å². The number of nitrogens with one attached hydrogen (secondary N) is 1. The molecule has 0 spiro atoms. The third kappa shape index (κ3) is 3.62. The molecule has 1 saturated heterocycles. The van der Waals surface area contributed by atoms with Crippen LogP contribution in [0, 0.1) is 11.7 Å². The van der Waals surface area contributed by atoms with Crippen LogP contribution in [0.5, 0.6) is 5.75 Å². The van der Waals surface area contributed by atoms with Crippen molar-refractivity contribution in [1.29, 1.82) is 0 Å². The lowest BCUT2D eigenvalue weighted by molar-refractivity contribution is 0.160. The molecule has 3 nitrogen and oxygen atoms in total. The minimum Gasteiger partial charge on any atom is -0.505 e. The van der Waals surface area contributed by atoms with Crippen molar-refractivity contribution >= 4 is 12.4 Å². The summed E-state index contributed by atoms with van der Waals surface area (Å²) < 4.78 is 13.6. The van der Waals surface area contributed by atoms with Crippen LogP contribution in [0.4, 0.5) is 4.39 Å². The van der Waals surface area contributed by atoms with Crippen LogP contribution in [0.3, 0.4) is 0 Å². The lowest BCUT2D eigenvalue weighted by Gasteiger charge is -2.35. The molecule has 112 valence electrons. The van der Waals surface area contributed by atoms with E-state index < -0.39 is 5.82 Å². The fourth-order valence-electron chi connectivity index (χ4n) is 2.89. The van der Waals surface area contributed by atoms with Gasteiger partial charge in [0.05, 0.1) is 0 Å². The predicted molar refractivity (Wildman–Crippen MR) is 79.8 cm³/mol. The Hall–Kier alpha value is -0.840. The van der Waals surface area contributed by atoms with Crippen molar-refractivity contribution in [1.82, 2.24) is 10.2 Å². The van der Waals surface area contributed by atoms with Gasteiger partial charge in [0, 0.05) is 32.2 Å². The third-order valence-corrected chi connectivity index (χ3v) is 4.20. The maximum atomic E-state index is 13.6. The Bertz CT molecular complexity index is 447. The number of phenols is 1. The molecule has 0 aromatic heterocycles. The topological polar surface area (TPSA) is 35.5 Å². The minimum atomic E-state index is -0.506. The Morgan fingerprint density at radius 2 is 2.00 bits per heavy atom. The molecule has 2 N–H and O–H groups in total. The molecule has 1 heterocycles. The van der Waals surface area contributed by atoms with Gasteiger partial charge in [0.15, 0.2) is 11.6 Å². The van der Waals surface area contributed by atoms with Crippen LogP contribution >= 0.6 is 12.4 Å². The number of piperazine rings is 1. The summed E-state index contributed by atoms with van der Waals surface area (Å²) in [5.74, 6) is 0.0411. The summed E-state index contributed by atoms with van der Waals surface area (Å²) in [6.07, 6.45) is 3.73. The van der Waals surface area contributed by atoms with Gasteiger partial charge in [0.1, 0.15) is 0 Å². The largest absolute Gasteiger partial charge is 0.505 e. The van der Waals surface area contributed by atoms with Crippen LogP contribution in [0.2, 0.25) is 0 Å². The van der Waals surface area contributed by atoms with Gasteiger partial charge in [-0.2, -0.15) is 0 Å². The molecule has 2 aliphatic rings. The van der Waals surface area contributed by atoms with Gasteiger partial charge in [-0.25, -0.2) is 4.39 Å². The molecule has 2 fully saturated rings. The minimum absolute atomic E-state index is 0. The normalized spacial score (nSPS) is 21.2. The molecule has 0 amide bonds. The van der Waals surface area contributed by atoms with E-state index in [0.717, 1.165) is 44.1 Å². The summed E-state index contributed by atoms with van der Waals surface area (Å²) >= 11 is 0. The first-order valence-corrected chi connectivity index (χ1v) is 7.17. The van der Waals surface area contributed by atoms with E-state index in [4.69, 9.17) is 0 Å². The summed E-state index contributed by atoms with van der Waals surface area (Å²) in [5.41, 5.74) is 1.00. The van der Waals surface area contributed by atoms with Crippen molar-refractivity contribution in [2.45, 2.75) is 25.3 Å². The second kappa shape index (κ2) is 6.74. The smallest absolute Gasteiger partial charge is 0.165 e. The highest BCUT2D eigenvalue weighted by atomic mass is 35.5. The Morgan fingerprint density at radius 1 is 1.30 bits per heavy atom. The number of aromatic hydroxyl groups is 1. The van der Waals surface area contributed by atoms with Gasteiger partial charge in [0.2, 0.25) is 0 Å². The maximum Gasteiger partial charge on any atom is 0.165 e. The molecule has 1 aliphatic carbocycles. The van der Waals surface area contributed by atoms with Crippen LogP contribution in [0.1, 0.15) is 30.9 Å². The molecule has 0 unspecified atom stereocenters. The molecule has 0 bridgehead atoms. The second-order valence-corrected chi connectivity index (χ2v) is 5.69. The summed E-state index contributed by atoms with van der Waals surface area (Å²) in [7, 11) is 0. The van der Waals surface area contributed by atoms with Crippen molar-refractivity contribution in [3.05, 3.63) is 29.6 Å². The van der Waals surface area contributed by atoms with Gasteiger partial charge in [-0.05, 0) is 30.0 Å². The Labute approximate surface area is 125 Å². The molecule has 1 aliphatic heterocycles. The van der Waals surface area contributed by atoms with Gasteiger partial charge in [0.25, 0.3) is 0 Å². The van der Waals surface area contributed by atoms with Gasteiger partial charge >= 0.3 is 0 Å². The molecule has 5 heteroatoms. The number of hydrogen-bond donors (Lipinski definition) is 2. The fraction of sp³-hybridized carbons (Fsp3) is 0.600. The molecule has 1 aromatic carbocycles. The highest BCUT2D eigenvalue weighted by Gasteiger charge is 2.30. The highest BCUT2D eigenvalue weighted by molar-refractivity contribution is 5.85. The Balaban J connectivity index is 0.00000147. The first-order valence-electron chi connectivity index (χ1n) is 7.17. The van der Waals surface area contributed by atoms with Crippen molar-refractivity contribution in [3.8, 4) is 5.75 Å². The second-order valence-electron chi connectivity index (χ2n) is 5.69. The number of hydrogen-bond acceptors (Lipinski definition) is 3. The van der Waals surface area contributed by atoms with E-state index in [-0.39, 0.29) is 18.2 Å². The van der Waals surface area contributed by atoms with Crippen LogP contribution in [0.15, 0.2) is 18.2 Å². The van der Waals surface area contributed by atoms with Crippen molar-refractivity contribution in [3.63, 3.8) is 0 Å². The number of nitrogens with zero attached hydrogens (tertiary/aromatic N) is 1.